The van der Waals surface area contributed by atoms with Gasteiger partial charge in [-0.25, -0.2) is 4.98 Å². The number of hydrogen-bond donors (Lipinski definition) is 1. The summed E-state index contributed by atoms with van der Waals surface area (Å²) in [6, 6.07) is 15.2. The second-order valence-electron chi connectivity index (χ2n) is 8.52. The molecule has 5 rings (SSSR count). The van der Waals surface area contributed by atoms with Crippen LogP contribution in [0.1, 0.15) is 18.4 Å². The van der Waals surface area contributed by atoms with Gasteiger partial charge in [0.2, 0.25) is 17.7 Å². The second-order valence-corrected chi connectivity index (χ2v) is 8.93. The largest absolute Gasteiger partial charge is 0.665 e. The molecule has 5 aromatic rings. The monoisotopic (exact) mass is 698 g/mol. The van der Waals surface area contributed by atoms with Crippen LogP contribution < -0.4 is 10.9 Å². The molecule has 0 bridgehead atoms. The van der Waals surface area contributed by atoms with Gasteiger partial charge in [0.1, 0.15) is 5.65 Å². The molecule has 0 atom stereocenters. The zero-order valence-corrected chi connectivity index (χ0v) is 24.8. The number of nitrogens with zero attached hydrogens (tertiary/aromatic N) is 6. The molecule has 1 N–H and O–H groups in total. The quantitative estimate of drug-likeness (QED) is 0.219. The summed E-state index contributed by atoms with van der Waals surface area (Å²) in [4.78, 5) is 26.9. The molecule has 2 aromatic carbocycles. The molecule has 0 aliphatic carbocycles. The number of aryl methyl sites for hydroxylation is 2. The molecule has 0 saturated carbocycles. The van der Waals surface area contributed by atoms with E-state index < -0.39 is 0 Å². The molecule has 0 amide bonds. The summed E-state index contributed by atoms with van der Waals surface area (Å²) in [5.41, 5.74) is 4.21. The van der Waals surface area contributed by atoms with Gasteiger partial charge in [0.25, 0.3) is 5.56 Å². The number of halogens is 1. The third-order valence-electron chi connectivity index (χ3n) is 6.02. The third-order valence-corrected chi connectivity index (χ3v) is 6.34. The SMILES string of the molecule is CCn1c(=O)c(-c2ccc(-c3noc(C)n3)cc2Cl)cc2cnc(Nc3ccc(CC[N-]C)cc3)nc21.[W]. The van der Waals surface area contributed by atoms with Crippen LogP contribution in [0.3, 0.4) is 0 Å². The molecule has 0 unspecified atom stereocenters. The van der Waals surface area contributed by atoms with Crippen molar-refractivity contribution in [2.45, 2.75) is 26.8 Å². The van der Waals surface area contributed by atoms with E-state index in [0.29, 0.717) is 51.6 Å². The first-order valence-corrected chi connectivity index (χ1v) is 12.3. The Balaban J connectivity index is 0.00000336. The van der Waals surface area contributed by atoms with Crippen LogP contribution in [0.25, 0.3) is 38.9 Å². The molecular weight excluding hydrogens is 674 g/mol. The van der Waals surface area contributed by atoms with Crippen LogP contribution in [-0.4, -0.2) is 38.3 Å². The van der Waals surface area contributed by atoms with Gasteiger partial charge >= 0.3 is 0 Å². The van der Waals surface area contributed by atoms with Crippen molar-refractivity contribution in [3.8, 4) is 22.5 Å². The minimum Gasteiger partial charge on any atom is -0.665 e. The fraction of sp³-hybridized carbons (Fsp3) is 0.222. The molecule has 3 aromatic heterocycles. The third kappa shape index (κ3) is 5.70. The number of aromatic nitrogens is 5. The fourth-order valence-electron chi connectivity index (χ4n) is 4.12. The van der Waals surface area contributed by atoms with Crippen LogP contribution >= 0.6 is 11.6 Å². The zero-order valence-electron chi connectivity index (χ0n) is 21.1. The van der Waals surface area contributed by atoms with Gasteiger partial charge in [-0.15, -0.1) is 6.54 Å². The average molecular weight is 699 g/mol. The summed E-state index contributed by atoms with van der Waals surface area (Å²) in [6.45, 7) is 4.86. The number of benzene rings is 2. The Morgan fingerprint density at radius 1 is 1.08 bits per heavy atom. The number of nitrogens with one attached hydrogen (secondary N) is 1. The predicted octanol–water partition coefficient (Wildman–Crippen LogP) is 5.78. The van der Waals surface area contributed by atoms with Crippen LogP contribution in [-0.2, 0) is 34.0 Å². The topological polar surface area (TPSA) is 113 Å². The number of pyridine rings is 1. The smallest absolute Gasteiger partial charge is 0.260 e. The van der Waals surface area contributed by atoms with Crippen molar-refractivity contribution in [3.63, 3.8) is 0 Å². The van der Waals surface area contributed by atoms with Gasteiger partial charge in [-0.3, -0.25) is 9.36 Å². The number of hydrogen-bond acceptors (Lipinski definition) is 7. The van der Waals surface area contributed by atoms with E-state index in [4.69, 9.17) is 16.1 Å². The van der Waals surface area contributed by atoms with Crippen molar-refractivity contribution in [2.24, 2.45) is 0 Å². The van der Waals surface area contributed by atoms with Gasteiger partial charge in [0, 0.05) is 73.5 Å². The van der Waals surface area contributed by atoms with Gasteiger partial charge in [0.05, 0.1) is 0 Å². The van der Waals surface area contributed by atoms with E-state index in [9.17, 15) is 4.79 Å². The Morgan fingerprint density at radius 3 is 2.53 bits per heavy atom. The summed E-state index contributed by atoms with van der Waals surface area (Å²) in [5, 5.41) is 12.4. The molecule has 11 heteroatoms. The predicted molar refractivity (Wildman–Crippen MR) is 146 cm³/mol. The van der Waals surface area contributed by atoms with Crippen molar-refractivity contribution in [3.05, 3.63) is 86.9 Å². The molecule has 0 radical (unpaired) electrons. The van der Waals surface area contributed by atoms with Crippen molar-refractivity contribution in [1.29, 1.82) is 0 Å². The molecular formula is C27H25ClN7O2W-. The summed E-state index contributed by atoms with van der Waals surface area (Å²) in [5.74, 6) is 1.32. The number of likely N-dealkylation sites (N-methyl/N-ethyl adjacent to an activating group) is 1. The first-order valence-electron chi connectivity index (χ1n) is 11.9. The Kier molecular flexibility index (Phi) is 8.72. The summed E-state index contributed by atoms with van der Waals surface area (Å²) < 4.78 is 6.68. The second kappa shape index (κ2) is 12.0. The fourth-order valence-corrected chi connectivity index (χ4v) is 4.40. The zero-order chi connectivity index (χ0) is 25.9. The van der Waals surface area contributed by atoms with Crippen LogP contribution in [0.15, 0.2) is 64.0 Å². The van der Waals surface area contributed by atoms with Gasteiger partial charge in [-0.1, -0.05) is 41.0 Å². The molecule has 3 heterocycles. The maximum Gasteiger partial charge on any atom is 0.260 e. The normalized spacial score (nSPS) is 10.9. The van der Waals surface area contributed by atoms with E-state index in [1.807, 2.05) is 32.2 Å². The summed E-state index contributed by atoms with van der Waals surface area (Å²) >= 11 is 6.61. The van der Waals surface area contributed by atoms with Gasteiger partial charge in [-0.2, -0.15) is 17.0 Å². The van der Waals surface area contributed by atoms with Crippen LogP contribution in [0, 0.1) is 6.92 Å². The molecule has 9 nitrogen and oxygen atoms in total. The number of fused-ring (bicyclic) bond motifs is 1. The first-order chi connectivity index (χ1) is 18.0. The van der Waals surface area contributed by atoms with E-state index in [1.165, 1.54) is 5.56 Å². The van der Waals surface area contributed by atoms with Crippen molar-refractivity contribution < 1.29 is 25.6 Å². The van der Waals surface area contributed by atoms with Gasteiger partial charge in [-0.05, 0) is 43.2 Å². The molecule has 194 valence electrons. The van der Waals surface area contributed by atoms with Crippen LogP contribution in [0.4, 0.5) is 11.6 Å². The first kappa shape index (κ1) is 27.6. The van der Waals surface area contributed by atoms with Crippen LogP contribution in [0.2, 0.25) is 5.02 Å². The van der Waals surface area contributed by atoms with E-state index in [-0.39, 0.29) is 26.6 Å². The Morgan fingerprint density at radius 2 is 1.87 bits per heavy atom. The Labute approximate surface area is 238 Å². The summed E-state index contributed by atoms with van der Waals surface area (Å²) in [6.07, 6.45) is 2.61. The minimum atomic E-state index is -0.185. The molecule has 38 heavy (non-hydrogen) atoms. The van der Waals surface area contributed by atoms with Gasteiger partial charge < -0.3 is 15.2 Å². The molecule has 0 aliphatic heterocycles. The molecule has 0 aliphatic rings. The average Bonchev–Trinajstić information content (AvgIpc) is 3.34. The molecule has 0 fully saturated rings. The maximum atomic E-state index is 13.5. The van der Waals surface area contributed by atoms with Crippen molar-refractivity contribution in [1.82, 2.24) is 24.7 Å². The summed E-state index contributed by atoms with van der Waals surface area (Å²) in [7, 11) is 1.81. The Hall–Kier alpha value is -3.39. The number of rotatable bonds is 8. The molecule has 0 saturated heterocycles. The maximum absolute atomic E-state index is 13.5. The van der Waals surface area contributed by atoms with E-state index >= 15 is 0 Å². The van der Waals surface area contributed by atoms with E-state index in [0.717, 1.165) is 24.0 Å². The van der Waals surface area contributed by atoms with Crippen molar-refractivity contribution in [2.75, 3.05) is 18.9 Å². The molecule has 0 spiro atoms. The van der Waals surface area contributed by atoms with Gasteiger partial charge in [0.15, 0.2) is 0 Å². The minimum absolute atomic E-state index is 0. The van der Waals surface area contributed by atoms with Crippen molar-refractivity contribution >= 4 is 34.3 Å². The Bertz CT molecular complexity index is 1630. The standard InChI is InChI=1S/C27H25ClN7O2.W/c1-4-35-25-19(15-30-27(33-25)32-20-8-5-17(6-9-20)11-12-29-3)13-22(26(35)36)21-10-7-18(14-23(21)28)24-31-16(2)37-34-24;/h5-10,13-15H,4,11-12H2,1-3H3,(H,30,32,33);/q-1;. The number of anilines is 2. The van der Waals surface area contributed by atoms with E-state index in [1.54, 1.807) is 35.9 Å². The van der Waals surface area contributed by atoms with E-state index in [2.05, 4.69) is 42.9 Å². The van der Waals surface area contributed by atoms with Crippen LogP contribution in [0.5, 0.6) is 0 Å².